The van der Waals surface area contributed by atoms with Crippen LogP contribution < -0.4 is 30.7 Å². The lowest BCUT2D eigenvalue weighted by Crippen LogP contribution is -2.68. The normalized spacial score (nSPS) is 37.9. The molecule has 0 spiro atoms. The van der Waals surface area contributed by atoms with E-state index in [4.69, 9.17) is 66.3 Å². The maximum absolute atomic E-state index is 13.0. The highest BCUT2D eigenvalue weighted by atomic mass is 16.8. The second-order valence-corrected chi connectivity index (χ2v) is 25.4. The first-order valence-corrected chi connectivity index (χ1v) is 33.5. The van der Waals surface area contributed by atoms with E-state index in [1.165, 1.54) is 30.3 Å². The summed E-state index contributed by atoms with van der Waals surface area (Å²) in [5.74, 6) is -3.79. The molecule has 42 heteroatoms. The minimum Gasteiger partial charge on any atom is -0.484 e. The molecule has 594 valence electrons. The zero-order valence-corrected chi connectivity index (χ0v) is 56.5. The standard InChI is InChI=1S/C63H94N4O38/c1-24(74)66-39-45(82)53(102-62-51(88)55(43(80)33(18-70)98-62)104-60-49(86)47(84)41(78)31(16-68)96-60)35(20-72)100-58(39)92-10-4-8-64-37(76)22-94-29-7-3-6-26(13-29)27-12-28(57(90)91)15-30(14-27)95-23-38(77)65-9-5-11-93-59-40(67-25(2)75)46(83)54(36(21-73)101-59)103-63-52(89)56(44(81)34(19-71)99-63)105-61-50(87)48(85)42(79)32(17-69)97-61/h3,6-7,12-15,31-36,39-56,58-63,68-73,78-89H,4-5,8-11,16-23H2,1-2H3,(H,64,76)(H,65,77)(H,66,74)(H,67,75)(H,90,91). The first-order valence-electron chi connectivity index (χ1n) is 33.5. The Morgan fingerprint density at radius 2 is 0.752 bits per heavy atom. The minimum atomic E-state index is -2.04. The number of carbonyl (C=O) groups is 5. The molecule has 30 atom stereocenters. The zero-order chi connectivity index (χ0) is 76.7. The average Bonchev–Trinajstić information content (AvgIpc) is 0.705. The van der Waals surface area contributed by atoms with Crippen molar-refractivity contribution in [3.8, 4) is 22.6 Å². The van der Waals surface area contributed by atoms with Crippen LogP contribution in [0.1, 0.15) is 37.0 Å². The highest BCUT2D eigenvalue weighted by Crippen LogP contribution is 2.37. The van der Waals surface area contributed by atoms with Gasteiger partial charge >= 0.3 is 5.97 Å². The molecule has 8 rings (SSSR count). The Morgan fingerprint density at radius 1 is 0.390 bits per heavy atom. The molecule has 6 heterocycles. The molecule has 0 aliphatic carbocycles. The molecule has 0 saturated carbocycles. The third kappa shape index (κ3) is 21.4. The van der Waals surface area contributed by atoms with Gasteiger partial charge in [-0.25, -0.2) is 4.79 Å². The van der Waals surface area contributed by atoms with Crippen LogP contribution in [0, 0.1) is 0 Å². The maximum Gasteiger partial charge on any atom is 0.335 e. The molecular formula is C63H94N4O38. The van der Waals surface area contributed by atoms with Crippen molar-refractivity contribution in [2.75, 3.05) is 79.2 Å². The fourth-order valence-corrected chi connectivity index (χ4v) is 12.3. The Morgan fingerprint density at radius 3 is 1.14 bits per heavy atom. The van der Waals surface area contributed by atoms with Crippen LogP contribution in [0.2, 0.25) is 0 Å². The van der Waals surface area contributed by atoms with Crippen molar-refractivity contribution < 1.29 is 187 Å². The largest absolute Gasteiger partial charge is 0.484 e. The lowest BCUT2D eigenvalue weighted by atomic mass is 9.95. The van der Waals surface area contributed by atoms with Crippen LogP contribution in [0.25, 0.3) is 11.1 Å². The van der Waals surface area contributed by atoms with Gasteiger partial charge in [-0.3, -0.25) is 19.2 Å². The number of hydrogen-bond acceptors (Lipinski definition) is 37. The van der Waals surface area contributed by atoms with Crippen LogP contribution in [-0.2, 0) is 76.0 Å². The molecule has 23 N–H and O–H groups in total. The van der Waals surface area contributed by atoms with Gasteiger partial charge in [-0.2, -0.15) is 0 Å². The van der Waals surface area contributed by atoms with Crippen molar-refractivity contribution in [3.05, 3.63) is 48.0 Å². The molecule has 6 aliphatic rings. The fourth-order valence-electron chi connectivity index (χ4n) is 12.3. The number of aliphatic hydroxyl groups excluding tert-OH is 18. The van der Waals surface area contributed by atoms with Gasteiger partial charge in [0.05, 0.1) is 58.4 Å². The van der Waals surface area contributed by atoms with Gasteiger partial charge in [0.25, 0.3) is 11.8 Å². The van der Waals surface area contributed by atoms with E-state index < -0.39 is 267 Å². The number of aromatic carboxylic acids is 1. The smallest absolute Gasteiger partial charge is 0.335 e. The van der Waals surface area contributed by atoms with E-state index in [2.05, 4.69) is 21.3 Å². The van der Waals surface area contributed by atoms with Gasteiger partial charge in [0, 0.05) is 26.9 Å². The summed E-state index contributed by atoms with van der Waals surface area (Å²) >= 11 is 0. The summed E-state index contributed by atoms with van der Waals surface area (Å²) in [6.45, 7) is -4.52. The van der Waals surface area contributed by atoms with Gasteiger partial charge in [0.2, 0.25) is 11.8 Å². The van der Waals surface area contributed by atoms with Gasteiger partial charge in [-0.1, -0.05) is 12.1 Å². The minimum absolute atomic E-state index is 0.00991. The predicted octanol–water partition coefficient (Wildman–Crippen LogP) is -12.0. The summed E-state index contributed by atoms with van der Waals surface area (Å²) < 4.78 is 79.8. The molecule has 6 saturated heterocycles. The van der Waals surface area contributed by atoms with Crippen molar-refractivity contribution in [2.24, 2.45) is 0 Å². The summed E-state index contributed by atoms with van der Waals surface area (Å²) in [7, 11) is 0. The van der Waals surface area contributed by atoms with Gasteiger partial charge < -0.3 is 185 Å². The predicted molar refractivity (Wildman–Crippen MR) is 338 cm³/mol. The second kappa shape index (κ2) is 39.5. The maximum atomic E-state index is 13.0. The number of carboxylic acid groups (broad SMARTS) is 1. The zero-order valence-electron chi connectivity index (χ0n) is 56.5. The second-order valence-electron chi connectivity index (χ2n) is 25.4. The molecule has 30 unspecified atom stereocenters. The summed E-state index contributed by atoms with van der Waals surface area (Å²) in [5.41, 5.74) is 0.499. The van der Waals surface area contributed by atoms with Crippen molar-refractivity contribution in [1.82, 2.24) is 21.3 Å². The van der Waals surface area contributed by atoms with Gasteiger partial charge in [0.15, 0.2) is 51.0 Å². The number of aliphatic hydroxyl groups is 18. The van der Waals surface area contributed by atoms with Crippen LogP contribution in [0.4, 0.5) is 0 Å². The third-order valence-corrected chi connectivity index (χ3v) is 17.9. The van der Waals surface area contributed by atoms with E-state index in [0.29, 0.717) is 11.1 Å². The van der Waals surface area contributed by atoms with Crippen LogP contribution in [-0.4, -0.2) is 390 Å². The Bertz CT molecular complexity index is 3090. The number of benzene rings is 2. The molecule has 0 aromatic heterocycles. The Hall–Kier alpha value is -5.81. The molecular weight excluding hydrogens is 1420 g/mol. The van der Waals surface area contributed by atoms with Crippen molar-refractivity contribution >= 4 is 29.6 Å². The quantitative estimate of drug-likeness (QED) is 0.0289. The van der Waals surface area contributed by atoms with E-state index in [1.54, 1.807) is 12.1 Å². The van der Waals surface area contributed by atoms with Crippen LogP contribution in [0.5, 0.6) is 11.5 Å². The first-order chi connectivity index (χ1) is 50.1. The molecule has 42 nitrogen and oxygen atoms in total. The number of hydrogen-bond donors (Lipinski definition) is 23. The molecule has 105 heavy (non-hydrogen) atoms. The van der Waals surface area contributed by atoms with Crippen LogP contribution in [0.15, 0.2) is 42.5 Å². The SMILES string of the molecule is CC(=O)NC1C(OCCCNC(=O)COc2cccc(-c3cc(OCC(=O)NCCCOC4OC(CO)C(OC5OC(CO)C(O)C(OC6OC(CO)C(O)C(O)C6O)C5O)C(O)C4NC(C)=O)cc(C(=O)O)c3)c2)OC(CO)C(OC2OC(CO)C(O)C(OC3OC(CO)C(O)C(O)C3O)C2O)C1O. The Balaban J connectivity index is 0.774. The van der Waals surface area contributed by atoms with E-state index in [1.807, 2.05) is 0 Å². The highest BCUT2D eigenvalue weighted by Gasteiger charge is 2.57. The van der Waals surface area contributed by atoms with Crippen LogP contribution in [0.3, 0.4) is 0 Å². The molecule has 2 aromatic rings. The summed E-state index contributed by atoms with van der Waals surface area (Å²) in [5, 5.41) is 210. The lowest BCUT2D eigenvalue weighted by molar-refractivity contribution is -0.376. The summed E-state index contributed by atoms with van der Waals surface area (Å²) in [6.07, 6.45) is -48.9. The molecule has 6 aliphatic heterocycles. The van der Waals surface area contributed by atoms with Crippen LogP contribution >= 0.6 is 0 Å². The van der Waals surface area contributed by atoms with Crippen molar-refractivity contribution in [3.63, 3.8) is 0 Å². The summed E-state index contributed by atoms with van der Waals surface area (Å²) in [4.78, 5) is 63.0. The van der Waals surface area contributed by atoms with E-state index >= 15 is 0 Å². The van der Waals surface area contributed by atoms with Gasteiger partial charge in [-0.05, 0) is 54.3 Å². The lowest BCUT2D eigenvalue weighted by Gasteiger charge is -2.48. The average molecular weight is 1520 g/mol. The molecule has 0 bridgehead atoms. The number of amides is 4. The topological polar surface area (TPSA) is 647 Å². The van der Waals surface area contributed by atoms with E-state index in [-0.39, 0.29) is 56.2 Å². The number of carbonyl (C=O) groups excluding carboxylic acids is 4. The molecule has 4 amide bonds. The Labute approximate surface area is 597 Å². The molecule has 2 aromatic carbocycles. The van der Waals surface area contributed by atoms with Crippen molar-refractivity contribution in [1.29, 1.82) is 0 Å². The van der Waals surface area contributed by atoms with Crippen molar-refractivity contribution in [2.45, 2.75) is 211 Å². The third-order valence-electron chi connectivity index (χ3n) is 17.9. The number of carboxylic acids is 1. The number of nitrogens with one attached hydrogen (secondary N) is 4. The molecule has 0 radical (unpaired) electrons. The number of ether oxygens (including phenoxy) is 14. The highest BCUT2D eigenvalue weighted by molar-refractivity contribution is 5.90. The van der Waals surface area contributed by atoms with Gasteiger partial charge in [-0.15, -0.1) is 0 Å². The van der Waals surface area contributed by atoms with E-state index in [0.717, 1.165) is 13.8 Å². The van der Waals surface area contributed by atoms with Gasteiger partial charge in [0.1, 0.15) is 158 Å². The van der Waals surface area contributed by atoms with E-state index in [9.17, 15) is 121 Å². The Kier molecular flexibility index (Phi) is 31.9. The summed E-state index contributed by atoms with van der Waals surface area (Å²) in [6, 6.07) is 7.34. The number of rotatable bonds is 34. The monoisotopic (exact) mass is 1510 g/mol. The fraction of sp³-hybridized carbons (Fsp3) is 0.730. The molecule has 6 fully saturated rings. The first kappa shape index (κ1) is 84.8.